The van der Waals surface area contributed by atoms with E-state index in [9.17, 15) is 5.11 Å². The molecule has 1 aliphatic heterocycles. The molecule has 1 aromatic carbocycles. The zero-order valence-corrected chi connectivity index (χ0v) is 18.1. The molecule has 0 amide bonds. The van der Waals surface area contributed by atoms with Crippen LogP contribution >= 0.6 is 12.2 Å². The number of hydrogen-bond donors (Lipinski definition) is 2. The molecule has 1 fully saturated rings. The summed E-state index contributed by atoms with van der Waals surface area (Å²) in [4.78, 5) is 8.85. The van der Waals surface area contributed by atoms with Gasteiger partial charge in [-0.05, 0) is 67.2 Å². The summed E-state index contributed by atoms with van der Waals surface area (Å²) < 4.78 is 2.21. The summed E-state index contributed by atoms with van der Waals surface area (Å²) in [7, 11) is 4.08. The van der Waals surface area contributed by atoms with Crippen LogP contribution in [-0.2, 0) is 0 Å². The summed E-state index contributed by atoms with van der Waals surface area (Å²) in [5, 5.41) is 13.6. The van der Waals surface area contributed by atoms with Crippen molar-refractivity contribution in [3.63, 3.8) is 0 Å². The molecule has 3 heterocycles. The van der Waals surface area contributed by atoms with Crippen LogP contribution in [0, 0.1) is 0 Å². The monoisotopic (exact) mass is 421 g/mol. The van der Waals surface area contributed by atoms with Crippen molar-refractivity contribution in [1.82, 2.24) is 19.8 Å². The fourth-order valence-electron chi connectivity index (χ4n) is 3.99. The Morgan fingerprint density at radius 3 is 2.57 bits per heavy atom. The van der Waals surface area contributed by atoms with Gasteiger partial charge in [-0.25, -0.2) is 0 Å². The van der Waals surface area contributed by atoms with Crippen molar-refractivity contribution < 1.29 is 5.11 Å². The van der Waals surface area contributed by atoms with Crippen molar-refractivity contribution in [2.75, 3.05) is 32.1 Å². The summed E-state index contributed by atoms with van der Waals surface area (Å²) >= 11 is 5.68. The minimum atomic E-state index is -0.0629. The van der Waals surface area contributed by atoms with E-state index in [0.717, 1.165) is 22.8 Å². The van der Waals surface area contributed by atoms with Gasteiger partial charge >= 0.3 is 0 Å². The predicted molar refractivity (Wildman–Crippen MR) is 124 cm³/mol. The van der Waals surface area contributed by atoms with Crippen molar-refractivity contribution in [3.05, 3.63) is 78.4 Å². The lowest BCUT2D eigenvalue weighted by molar-refractivity contribution is 0.245. The normalized spacial score (nSPS) is 18.5. The molecule has 2 aromatic heterocycles. The molecule has 0 bridgehead atoms. The average molecular weight is 422 g/mol. The van der Waals surface area contributed by atoms with E-state index in [1.165, 1.54) is 0 Å². The standard InChI is InChI=1S/C23H27N5OS/c1-26(2)17-9-11-18(12-10-17)27-14-5-8-20(27)22-21(19-7-3-4-13-24-19)25-23(30)28(22)15-6-16-29/h3-5,7-14,21-22,29H,6,15-16H2,1-2H3,(H,25,30)/t21-,22-/m0/s1. The fourth-order valence-corrected chi connectivity index (χ4v) is 4.32. The van der Waals surface area contributed by atoms with E-state index >= 15 is 0 Å². The number of benzene rings is 1. The lowest BCUT2D eigenvalue weighted by Gasteiger charge is -2.29. The van der Waals surface area contributed by atoms with E-state index in [1.54, 1.807) is 0 Å². The van der Waals surface area contributed by atoms with E-state index in [0.29, 0.717) is 18.1 Å². The number of aliphatic hydroxyl groups excluding tert-OH is 1. The van der Waals surface area contributed by atoms with Crippen LogP contribution in [-0.4, -0.2) is 51.9 Å². The van der Waals surface area contributed by atoms with Gasteiger partial charge in [-0.15, -0.1) is 0 Å². The first kappa shape index (κ1) is 20.4. The summed E-state index contributed by atoms with van der Waals surface area (Å²) in [6, 6.07) is 18.6. The van der Waals surface area contributed by atoms with Crippen LogP contribution < -0.4 is 10.2 Å². The number of anilines is 1. The average Bonchev–Trinajstić information content (AvgIpc) is 3.37. The molecule has 2 N–H and O–H groups in total. The highest BCUT2D eigenvalue weighted by Crippen LogP contribution is 2.39. The van der Waals surface area contributed by atoms with Crippen LogP contribution in [0.3, 0.4) is 0 Å². The molecule has 7 heteroatoms. The SMILES string of the molecule is CN(C)c1ccc(-n2cccc2[C@H]2[C@H](c3ccccn3)NC(=S)N2CCCO)cc1. The summed E-state index contributed by atoms with van der Waals surface area (Å²) in [6.45, 7) is 0.814. The van der Waals surface area contributed by atoms with Gasteiger partial charge in [0.1, 0.15) is 0 Å². The van der Waals surface area contributed by atoms with Gasteiger partial charge in [-0.3, -0.25) is 4.98 Å². The fraction of sp³-hybridized carbons (Fsp3) is 0.304. The van der Waals surface area contributed by atoms with Crippen molar-refractivity contribution in [1.29, 1.82) is 0 Å². The second-order valence-electron chi connectivity index (χ2n) is 7.61. The summed E-state index contributed by atoms with van der Waals surface area (Å²) in [5.74, 6) is 0. The zero-order valence-electron chi connectivity index (χ0n) is 17.3. The Balaban J connectivity index is 1.75. The van der Waals surface area contributed by atoms with Gasteiger partial charge in [0.15, 0.2) is 5.11 Å². The maximum absolute atomic E-state index is 9.40. The number of rotatable bonds is 7. The molecule has 2 atom stereocenters. The first-order chi connectivity index (χ1) is 14.6. The number of aliphatic hydroxyl groups is 1. The Bertz CT molecular complexity index is 986. The maximum Gasteiger partial charge on any atom is 0.170 e. The molecule has 1 aliphatic rings. The lowest BCUT2D eigenvalue weighted by atomic mass is 10.0. The van der Waals surface area contributed by atoms with Gasteiger partial charge in [0.25, 0.3) is 0 Å². The molecule has 0 saturated carbocycles. The largest absolute Gasteiger partial charge is 0.396 e. The van der Waals surface area contributed by atoms with E-state index in [2.05, 4.69) is 67.3 Å². The minimum absolute atomic E-state index is 0.0255. The second kappa shape index (κ2) is 8.85. The van der Waals surface area contributed by atoms with Crippen LogP contribution in [0.15, 0.2) is 67.0 Å². The van der Waals surface area contributed by atoms with Gasteiger partial charge in [0, 0.05) is 56.7 Å². The highest BCUT2D eigenvalue weighted by molar-refractivity contribution is 7.80. The number of nitrogens with zero attached hydrogens (tertiary/aromatic N) is 4. The number of aromatic nitrogens is 2. The molecular weight excluding hydrogens is 394 g/mol. The Morgan fingerprint density at radius 2 is 1.90 bits per heavy atom. The molecule has 0 unspecified atom stereocenters. The molecule has 3 aromatic rings. The molecular formula is C23H27N5OS. The molecule has 6 nitrogen and oxygen atoms in total. The third-order valence-corrected chi connectivity index (χ3v) is 5.83. The minimum Gasteiger partial charge on any atom is -0.396 e. The first-order valence-electron chi connectivity index (χ1n) is 10.1. The zero-order chi connectivity index (χ0) is 21.1. The van der Waals surface area contributed by atoms with Crippen molar-refractivity contribution in [2.45, 2.75) is 18.5 Å². The van der Waals surface area contributed by atoms with Crippen LogP contribution in [0.2, 0.25) is 0 Å². The van der Waals surface area contributed by atoms with Gasteiger partial charge in [-0.2, -0.15) is 0 Å². The molecule has 0 radical (unpaired) electrons. The van der Waals surface area contributed by atoms with E-state index in [1.807, 2.05) is 38.5 Å². The van der Waals surface area contributed by atoms with E-state index in [-0.39, 0.29) is 18.7 Å². The third-order valence-electron chi connectivity index (χ3n) is 5.48. The van der Waals surface area contributed by atoms with Crippen LogP contribution in [0.25, 0.3) is 5.69 Å². The summed E-state index contributed by atoms with van der Waals surface area (Å²) in [6.07, 6.45) is 4.55. The van der Waals surface area contributed by atoms with Crippen molar-refractivity contribution in [2.24, 2.45) is 0 Å². The van der Waals surface area contributed by atoms with E-state index < -0.39 is 0 Å². The smallest absolute Gasteiger partial charge is 0.170 e. The van der Waals surface area contributed by atoms with Gasteiger partial charge in [-0.1, -0.05) is 6.07 Å². The van der Waals surface area contributed by atoms with Crippen LogP contribution in [0.1, 0.15) is 29.9 Å². The molecule has 156 valence electrons. The first-order valence-corrected chi connectivity index (χ1v) is 10.5. The summed E-state index contributed by atoms with van der Waals surface area (Å²) in [5.41, 5.74) is 4.34. The number of pyridine rings is 1. The Labute approximate surface area is 182 Å². The molecule has 1 saturated heterocycles. The van der Waals surface area contributed by atoms with Crippen molar-refractivity contribution >= 4 is 23.0 Å². The Kier molecular flexibility index (Phi) is 6.01. The Hall–Kier alpha value is -2.90. The van der Waals surface area contributed by atoms with E-state index in [4.69, 9.17) is 12.2 Å². The van der Waals surface area contributed by atoms with Crippen molar-refractivity contribution in [3.8, 4) is 5.69 Å². The molecule has 0 aliphatic carbocycles. The van der Waals surface area contributed by atoms with Crippen LogP contribution in [0.4, 0.5) is 5.69 Å². The quantitative estimate of drug-likeness (QED) is 0.571. The van der Waals surface area contributed by atoms with Gasteiger partial charge in [0.05, 0.1) is 17.8 Å². The molecule has 0 spiro atoms. The Morgan fingerprint density at radius 1 is 1.10 bits per heavy atom. The highest BCUT2D eigenvalue weighted by Gasteiger charge is 2.40. The van der Waals surface area contributed by atoms with Crippen LogP contribution in [0.5, 0.6) is 0 Å². The van der Waals surface area contributed by atoms with Gasteiger partial charge in [0.2, 0.25) is 0 Å². The highest BCUT2D eigenvalue weighted by atomic mass is 32.1. The number of thiocarbonyl (C=S) groups is 1. The lowest BCUT2D eigenvalue weighted by Crippen LogP contribution is -2.31. The third kappa shape index (κ3) is 3.91. The predicted octanol–water partition coefficient (Wildman–Crippen LogP) is 3.29. The number of nitrogens with one attached hydrogen (secondary N) is 1. The molecule has 30 heavy (non-hydrogen) atoms. The molecule has 4 rings (SSSR count). The van der Waals surface area contributed by atoms with Gasteiger partial charge < -0.3 is 24.8 Å². The maximum atomic E-state index is 9.40. The second-order valence-corrected chi connectivity index (χ2v) is 8.00. The number of hydrogen-bond acceptors (Lipinski definition) is 4. The topological polar surface area (TPSA) is 56.6 Å².